The fraction of sp³-hybridized carbons (Fsp3) is 1.00. The Morgan fingerprint density at radius 1 is 1.38 bits per heavy atom. The molecule has 5 heteroatoms. The minimum Gasteiger partial charge on any atom is -0.306 e. The maximum Gasteiger partial charge on any atom is 0.388 e. The van der Waals surface area contributed by atoms with E-state index < -0.39 is 22.4 Å². The number of alkyl halides is 3. The van der Waals surface area contributed by atoms with Crippen molar-refractivity contribution in [1.29, 1.82) is 0 Å². The summed E-state index contributed by atoms with van der Waals surface area (Å²) >= 11 is 0. The molecule has 0 rings (SSSR count). The van der Waals surface area contributed by atoms with Gasteiger partial charge in [0.2, 0.25) is 9.76 Å². The van der Waals surface area contributed by atoms with Gasteiger partial charge in [0, 0.05) is 6.42 Å². The van der Waals surface area contributed by atoms with E-state index in [2.05, 4.69) is 0 Å². The smallest absolute Gasteiger partial charge is 0.306 e. The molecule has 0 saturated heterocycles. The van der Waals surface area contributed by atoms with Gasteiger partial charge in [-0.15, -0.1) is 0 Å². The second kappa shape index (κ2) is 3.08. The molecular weight excluding hydrogens is 137 g/mol. The molecule has 0 unspecified atom stereocenters. The fourth-order valence-electron chi connectivity index (χ4n) is 0.273. The van der Waals surface area contributed by atoms with Crippen molar-refractivity contribution in [3.05, 3.63) is 0 Å². The Hall–Kier alpha value is -0.0331. The topological polar surface area (TPSA) is 19.9 Å². The van der Waals surface area contributed by atoms with Crippen LogP contribution in [0.3, 0.4) is 0 Å². The first-order valence-corrected chi connectivity index (χ1v) is 3.79. The van der Waals surface area contributed by atoms with Gasteiger partial charge in [-0.25, -0.2) is 0 Å². The van der Waals surface area contributed by atoms with Crippen LogP contribution in [0.5, 0.6) is 0 Å². The van der Waals surface area contributed by atoms with Crippen LogP contribution in [-0.2, 0) is 4.80 Å². The van der Waals surface area contributed by atoms with Gasteiger partial charge >= 0.3 is 6.18 Å². The SMILES string of the molecule is [O][SiH2]CCC(F)(F)F. The zero-order valence-electron chi connectivity index (χ0n) is 4.16. The summed E-state index contributed by atoms with van der Waals surface area (Å²) in [6.45, 7) is 0. The van der Waals surface area contributed by atoms with Gasteiger partial charge in [-0.05, 0) is 6.04 Å². The van der Waals surface area contributed by atoms with E-state index in [0.29, 0.717) is 0 Å². The molecule has 0 heterocycles. The molecule has 0 saturated carbocycles. The first-order chi connectivity index (χ1) is 3.56. The Kier molecular flexibility index (Phi) is 3.07. The number of rotatable bonds is 2. The lowest BCUT2D eigenvalue weighted by atomic mass is 10.5. The summed E-state index contributed by atoms with van der Waals surface area (Å²) in [5.74, 6) is 0. The van der Waals surface area contributed by atoms with Gasteiger partial charge in [-0.3, -0.25) is 0 Å². The van der Waals surface area contributed by atoms with Gasteiger partial charge in [0.25, 0.3) is 0 Å². The third kappa shape index (κ3) is 5.97. The van der Waals surface area contributed by atoms with Crippen molar-refractivity contribution in [1.82, 2.24) is 0 Å². The summed E-state index contributed by atoms with van der Waals surface area (Å²) in [4.78, 5) is 9.62. The first kappa shape index (κ1) is 7.97. The molecule has 0 aliphatic heterocycles. The van der Waals surface area contributed by atoms with Crippen LogP contribution in [0.4, 0.5) is 13.2 Å². The van der Waals surface area contributed by atoms with Crippen LogP contribution in [0.2, 0.25) is 6.04 Å². The summed E-state index contributed by atoms with van der Waals surface area (Å²) in [5.41, 5.74) is 0. The fourth-order valence-corrected chi connectivity index (χ4v) is 0.818. The Labute approximate surface area is 47.5 Å². The van der Waals surface area contributed by atoms with Gasteiger partial charge in [0.15, 0.2) is 0 Å². The van der Waals surface area contributed by atoms with E-state index in [4.69, 9.17) is 0 Å². The van der Waals surface area contributed by atoms with E-state index in [1.54, 1.807) is 0 Å². The second-order valence-corrected chi connectivity index (χ2v) is 2.54. The van der Waals surface area contributed by atoms with Crippen LogP contribution in [0.15, 0.2) is 0 Å². The maximum absolute atomic E-state index is 11.1. The molecule has 1 radical (unpaired) electrons. The minimum absolute atomic E-state index is 0.163. The molecule has 0 spiro atoms. The highest BCUT2D eigenvalue weighted by molar-refractivity contribution is 6.24. The van der Waals surface area contributed by atoms with Gasteiger partial charge in [0.05, 0.1) is 0 Å². The summed E-state index contributed by atoms with van der Waals surface area (Å²) in [6, 6.07) is -0.163. The molecule has 0 aliphatic rings. The lowest BCUT2D eigenvalue weighted by Crippen LogP contribution is -2.07. The summed E-state index contributed by atoms with van der Waals surface area (Å²) < 4.78 is 33.4. The van der Waals surface area contributed by atoms with Crippen LogP contribution < -0.4 is 0 Å². The van der Waals surface area contributed by atoms with Gasteiger partial charge < -0.3 is 4.80 Å². The maximum atomic E-state index is 11.1. The molecule has 49 valence electrons. The highest BCUT2D eigenvalue weighted by Gasteiger charge is 2.25. The molecule has 0 N–H and O–H groups in total. The van der Waals surface area contributed by atoms with Crippen LogP contribution in [0.1, 0.15) is 6.42 Å². The molecule has 0 amide bonds. The van der Waals surface area contributed by atoms with Crippen LogP contribution in [0.25, 0.3) is 0 Å². The standard InChI is InChI=1S/C3H6F3OSi/c4-3(5,6)1-2-8-7/h1-2,8H2. The molecule has 0 atom stereocenters. The zero-order valence-corrected chi connectivity index (χ0v) is 5.58. The van der Waals surface area contributed by atoms with E-state index in [-0.39, 0.29) is 6.04 Å². The van der Waals surface area contributed by atoms with E-state index in [9.17, 15) is 18.0 Å². The molecule has 0 aliphatic carbocycles. The Balaban J connectivity index is 3.11. The van der Waals surface area contributed by atoms with Crippen molar-refractivity contribution in [2.45, 2.75) is 18.6 Å². The van der Waals surface area contributed by atoms with Gasteiger partial charge in [-0.1, -0.05) is 0 Å². The number of halogens is 3. The van der Waals surface area contributed by atoms with Crippen LogP contribution >= 0.6 is 0 Å². The third-order valence-electron chi connectivity index (χ3n) is 0.605. The molecular formula is C3H6F3OSi. The van der Waals surface area contributed by atoms with Crippen LogP contribution in [0, 0.1) is 0 Å². The molecule has 0 aromatic carbocycles. The van der Waals surface area contributed by atoms with Crippen molar-refractivity contribution < 1.29 is 18.0 Å². The van der Waals surface area contributed by atoms with Crippen molar-refractivity contribution in [2.75, 3.05) is 0 Å². The van der Waals surface area contributed by atoms with Crippen molar-refractivity contribution >= 4 is 9.76 Å². The Morgan fingerprint density at radius 2 is 1.88 bits per heavy atom. The second-order valence-electron chi connectivity index (χ2n) is 1.42. The Bertz CT molecular complexity index is 62.0. The van der Waals surface area contributed by atoms with E-state index in [1.165, 1.54) is 0 Å². The van der Waals surface area contributed by atoms with Gasteiger partial charge in [-0.2, -0.15) is 13.2 Å². The predicted molar refractivity (Wildman–Crippen MR) is 24.7 cm³/mol. The molecule has 0 aromatic heterocycles. The summed E-state index contributed by atoms with van der Waals surface area (Å²) in [7, 11) is -1.64. The summed E-state index contributed by atoms with van der Waals surface area (Å²) in [5, 5.41) is 0. The molecule has 0 aromatic rings. The minimum atomic E-state index is -4.11. The van der Waals surface area contributed by atoms with E-state index in [1.807, 2.05) is 0 Å². The van der Waals surface area contributed by atoms with Crippen molar-refractivity contribution in [3.8, 4) is 0 Å². The quantitative estimate of drug-likeness (QED) is 0.511. The normalized spacial score (nSPS) is 13.5. The summed E-state index contributed by atoms with van der Waals surface area (Å²) in [6.07, 6.45) is -5.00. The lowest BCUT2D eigenvalue weighted by Gasteiger charge is -2.00. The molecule has 0 fully saturated rings. The highest BCUT2D eigenvalue weighted by atomic mass is 28.2. The third-order valence-corrected chi connectivity index (χ3v) is 1.25. The monoisotopic (exact) mass is 143 g/mol. The first-order valence-electron chi connectivity index (χ1n) is 2.21. The highest BCUT2D eigenvalue weighted by Crippen LogP contribution is 2.20. The number of hydrogen-bond donors (Lipinski definition) is 0. The van der Waals surface area contributed by atoms with Gasteiger partial charge in [0.1, 0.15) is 0 Å². The van der Waals surface area contributed by atoms with Crippen LogP contribution in [-0.4, -0.2) is 15.9 Å². The molecule has 0 bridgehead atoms. The lowest BCUT2D eigenvalue weighted by molar-refractivity contribution is -0.130. The van der Waals surface area contributed by atoms with Crippen molar-refractivity contribution in [2.24, 2.45) is 0 Å². The van der Waals surface area contributed by atoms with Crippen molar-refractivity contribution in [3.63, 3.8) is 0 Å². The predicted octanol–water partition coefficient (Wildman–Crippen LogP) is 0.871. The largest absolute Gasteiger partial charge is 0.388 e. The zero-order chi connectivity index (χ0) is 6.62. The average Bonchev–Trinajstić information content (AvgIpc) is 1.59. The average molecular weight is 143 g/mol. The number of hydrogen-bond acceptors (Lipinski definition) is 0. The van der Waals surface area contributed by atoms with E-state index in [0.717, 1.165) is 0 Å². The molecule has 8 heavy (non-hydrogen) atoms. The van der Waals surface area contributed by atoms with E-state index >= 15 is 0 Å². The molecule has 1 nitrogen and oxygen atoms in total. The Morgan fingerprint density at radius 3 is 2.00 bits per heavy atom.